The van der Waals surface area contributed by atoms with Crippen LogP contribution in [-0.2, 0) is 33.7 Å². The molecule has 0 radical (unpaired) electrons. The number of hydrogen-bond acceptors (Lipinski definition) is 5. The zero-order chi connectivity index (χ0) is 25.2. The van der Waals surface area contributed by atoms with E-state index < -0.39 is 0 Å². The van der Waals surface area contributed by atoms with E-state index in [-0.39, 0.29) is 18.3 Å². The van der Waals surface area contributed by atoms with E-state index in [1.807, 2.05) is 67.3 Å². The van der Waals surface area contributed by atoms with Gasteiger partial charge in [-0.3, -0.25) is 9.59 Å². The molecule has 0 aliphatic heterocycles. The molecule has 3 rings (SSSR count). The van der Waals surface area contributed by atoms with Crippen molar-refractivity contribution in [2.75, 3.05) is 20.3 Å². The molecule has 0 fully saturated rings. The van der Waals surface area contributed by atoms with E-state index in [0.29, 0.717) is 38.4 Å². The third-order valence-corrected chi connectivity index (χ3v) is 5.87. The van der Waals surface area contributed by atoms with Crippen LogP contribution in [0, 0.1) is 6.92 Å². The van der Waals surface area contributed by atoms with Crippen molar-refractivity contribution >= 4 is 11.9 Å². The van der Waals surface area contributed by atoms with Crippen molar-refractivity contribution in [1.82, 2.24) is 9.88 Å². The molecule has 184 valence electrons. The van der Waals surface area contributed by atoms with Crippen LogP contribution in [0.5, 0.6) is 5.88 Å². The van der Waals surface area contributed by atoms with Crippen molar-refractivity contribution in [3.8, 4) is 17.0 Å². The number of aryl methyl sites for hydroxylation is 2. The summed E-state index contributed by atoms with van der Waals surface area (Å²) in [6, 6.07) is 18.1. The number of aromatic nitrogens is 1. The topological polar surface area (TPSA) is 68.7 Å². The smallest absolute Gasteiger partial charge is 0.310 e. The van der Waals surface area contributed by atoms with Crippen molar-refractivity contribution in [2.24, 2.45) is 0 Å². The summed E-state index contributed by atoms with van der Waals surface area (Å²) < 4.78 is 10.6. The quantitative estimate of drug-likeness (QED) is 0.360. The van der Waals surface area contributed by atoms with Crippen LogP contribution < -0.4 is 4.74 Å². The van der Waals surface area contributed by atoms with Crippen LogP contribution in [0.25, 0.3) is 11.1 Å². The number of methoxy groups -OCH3 is 1. The number of ether oxygens (including phenoxy) is 2. The summed E-state index contributed by atoms with van der Waals surface area (Å²) in [5.41, 5.74) is 5.73. The molecule has 1 amide bonds. The first-order valence-corrected chi connectivity index (χ1v) is 12.0. The number of nitrogens with zero attached hydrogens (tertiary/aromatic N) is 2. The molecule has 0 spiro atoms. The monoisotopic (exact) mass is 474 g/mol. The van der Waals surface area contributed by atoms with Gasteiger partial charge in [-0.05, 0) is 55.5 Å². The van der Waals surface area contributed by atoms with Crippen LogP contribution in [0.4, 0.5) is 0 Å². The largest absolute Gasteiger partial charge is 0.481 e. The summed E-state index contributed by atoms with van der Waals surface area (Å²) in [5, 5.41) is 0. The number of pyridine rings is 1. The minimum Gasteiger partial charge on any atom is -0.481 e. The second-order valence-corrected chi connectivity index (χ2v) is 8.44. The van der Waals surface area contributed by atoms with Crippen LogP contribution >= 0.6 is 0 Å². The van der Waals surface area contributed by atoms with E-state index in [2.05, 4.69) is 11.1 Å². The second-order valence-electron chi connectivity index (χ2n) is 8.44. The summed E-state index contributed by atoms with van der Waals surface area (Å²) in [6.07, 6.45) is 2.94. The summed E-state index contributed by atoms with van der Waals surface area (Å²) in [7, 11) is 1.58. The highest BCUT2D eigenvalue weighted by Gasteiger charge is 2.18. The average Bonchev–Trinajstić information content (AvgIpc) is 2.86. The highest BCUT2D eigenvalue weighted by atomic mass is 16.5. The van der Waals surface area contributed by atoms with Crippen molar-refractivity contribution in [1.29, 1.82) is 0 Å². The van der Waals surface area contributed by atoms with Crippen LogP contribution in [0.1, 0.15) is 42.5 Å². The van der Waals surface area contributed by atoms with Crippen molar-refractivity contribution < 1.29 is 19.1 Å². The molecule has 0 atom stereocenters. The maximum atomic E-state index is 13.1. The van der Waals surface area contributed by atoms with Crippen LogP contribution in [0.3, 0.4) is 0 Å². The predicted molar refractivity (Wildman–Crippen MR) is 137 cm³/mol. The zero-order valence-electron chi connectivity index (χ0n) is 21.0. The molecule has 0 aliphatic rings. The molecule has 6 heteroatoms. The van der Waals surface area contributed by atoms with Gasteiger partial charge in [-0.2, -0.15) is 0 Å². The first kappa shape index (κ1) is 25.9. The second kappa shape index (κ2) is 12.7. The highest BCUT2D eigenvalue weighted by molar-refractivity contribution is 5.78. The molecule has 0 N–H and O–H groups in total. The van der Waals surface area contributed by atoms with Crippen molar-refractivity contribution in [3.05, 3.63) is 83.0 Å². The van der Waals surface area contributed by atoms with E-state index >= 15 is 0 Å². The Labute approximate surface area is 207 Å². The Morgan fingerprint density at radius 3 is 2.43 bits per heavy atom. The first-order valence-electron chi connectivity index (χ1n) is 12.0. The Bertz CT molecular complexity index is 1140. The van der Waals surface area contributed by atoms with E-state index in [0.717, 1.165) is 33.4 Å². The summed E-state index contributed by atoms with van der Waals surface area (Å²) >= 11 is 0. The molecule has 0 saturated heterocycles. The third-order valence-electron chi connectivity index (χ3n) is 5.87. The molecule has 1 aromatic heterocycles. The number of esters is 1. The lowest BCUT2D eigenvalue weighted by atomic mass is 9.96. The molecule has 0 unspecified atom stereocenters. The first-order chi connectivity index (χ1) is 16.9. The van der Waals surface area contributed by atoms with E-state index in [1.54, 1.807) is 20.2 Å². The van der Waals surface area contributed by atoms with Crippen LogP contribution in [0.15, 0.2) is 60.8 Å². The molecular weight excluding hydrogens is 440 g/mol. The van der Waals surface area contributed by atoms with Crippen molar-refractivity contribution in [2.45, 2.75) is 46.6 Å². The highest BCUT2D eigenvalue weighted by Crippen LogP contribution is 2.33. The van der Waals surface area contributed by atoms with Crippen molar-refractivity contribution in [3.63, 3.8) is 0 Å². The standard InChI is InChI=1S/C29H34N2O4/c1-5-31(27(32)15-13-22-10-8-7-9-11-22)20-24-16-21(3)12-14-25(24)26-17-23(18-28(33)35-6-2)19-30-29(26)34-4/h7-12,14,16-17,19H,5-6,13,15,18,20H2,1-4H3. The minimum atomic E-state index is -0.296. The van der Waals surface area contributed by atoms with Gasteiger partial charge < -0.3 is 14.4 Å². The van der Waals surface area contributed by atoms with Gasteiger partial charge in [-0.1, -0.05) is 54.1 Å². The molecule has 0 bridgehead atoms. The van der Waals surface area contributed by atoms with Gasteiger partial charge in [0.05, 0.1) is 20.1 Å². The fourth-order valence-corrected chi connectivity index (χ4v) is 4.08. The van der Waals surface area contributed by atoms with Gasteiger partial charge in [0, 0.05) is 31.3 Å². The van der Waals surface area contributed by atoms with Gasteiger partial charge in [-0.25, -0.2) is 4.98 Å². The maximum Gasteiger partial charge on any atom is 0.310 e. The Morgan fingerprint density at radius 1 is 0.971 bits per heavy atom. The van der Waals surface area contributed by atoms with E-state index in [1.165, 1.54) is 0 Å². The van der Waals surface area contributed by atoms with Gasteiger partial charge in [0.2, 0.25) is 11.8 Å². The fourth-order valence-electron chi connectivity index (χ4n) is 4.08. The van der Waals surface area contributed by atoms with Gasteiger partial charge in [0.25, 0.3) is 0 Å². The maximum absolute atomic E-state index is 13.1. The molecule has 0 aliphatic carbocycles. The average molecular weight is 475 g/mol. The number of amides is 1. The molecule has 0 saturated carbocycles. The number of rotatable bonds is 11. The number of carbonyl (C=O) groups excluding carboxylic acids is 2. The normalized spacial score (nSPS) is 10.6. The Balaban J connectivity index is 1.87. The Kier molecular flexibility index (Phi) is 9.41. The third kappa shape index (κ3) is 7.15. The van der Waals surface area contributed by atoms with Gasteiger partial charge >= 0.3 is 5.97 Å². The summed E-state index contributed by atoms with van der Waals surface area (Å²) in [6.45, 7) is 7.24. The number of benzene rings is 2. The zero-order valence-corrected chi connectivity index (χ0v) is 21.0. The van der Waals surface area contributed by atoms with Gasteiger partial charge in [-0.15, -0.1) is 0 Å². The molecule has 3 aromatic rings. The SMILES string of the molecule is CCOC(=O)Cc1cnc(OC)c(-c2ccc(C)cc2CN(CC)C(=O)CCc2ccccc2)c1. The minimum absolute atomic E-state index is 0.116. The van der Waals surface area contributed by atoms with E-state index in [4.69, 9.17) is 9.47 Å². The summed E-state index contributed by atoms with van der Waals surface area (Å²) in [5.74, 6) is 0.293. The number of hydrogen-bond donors (Lipinski definition) is 0. The molecule has 35 heavy (non-hydrogen) atoms. The lowest BCUT2D eigenvalue weighted by Crippen LogP contribution is -2.30. The molecule has 2 aromatic carbocycles. The van der Waals surface area contributed by atoms with Gasteiger partial charge in [0.15, 0.2) is 0 Å². The lowest BCUT2D eigenvalue weighted by Gasteiger charge is -2.23. The number of carbonyl (C=O) groups is 2. The molecule has 1 heterocycles. The molecule has 6 nitrogen and oxygen atoms in total. The predicted octanol–water partition coefficient (Wildman–Crippen LogP) is 5.15. The Hall–Kier alpha value is -3.67. The fraction of sp³-hybridized carbons (Fsp3) is 0.345. The Morgan fingerprint density at radius 2 is 1.74 bits per heavy atom. The van der Waals surface area contributed by atoms with Crippen LogP contribution in [0.2, 0.25) is 0 Å². The van der Waals surface area contributed by atoms with E-state index in [9.17, 15) is 9.59 Å². The van der Waals surface area contributed by atoms with Crippen LogP contribution in [-0.4, -0.2) is 42.0 Å². The lowest BCUT2D eigenvalue weighted by molar-refractivity contribution is -0.142. The molecular formula is C29H34N2O4. The van der Waals surface area contributed by atoms with Gasteiger partial charge in [0.1, 0.15) is 0 Å². The summed E-state index contributed by atoms with van der Waals surface area (Å²) in [4.78, 5) is 31.4.